The number of hydrogen-bond acceptors (Lipinski definition) is 6. The summed E-state index contributed by atoms with van der Waals surface area (Å²) < 4.78 is 37.8. The Morgan fingerprint density at radius 1 is 1.43 bits per heavy atom. The summed E-state index contributed by atoms with van der Waals surface area (Å²) in [4.78, 5) is 4.27. The number of aliphatic hydroxyl groups excluding tert-OH is 1. The molecule has 126 valence electrons. The Morgan fingerprint density at radius 2 is 2.26 bits per heavy atom. The van der Waals surface area contributed by atoms with Crippen LogP contribution in [0.4, 0.5) is 0 Å². The molecular weight excluding hydrogens is 322 g/mol. The molecular formula is C14H19N3O5S. The summed E-state index contributed by atoms with van der Waals surface area (Å²) in [5.74, 6) is 1.63. The van der Waals surface area contributed by atoms with Crippen molar-refractivity contribution in [1.82, 2.24) is 13.9 Å². The monoisotopic (exact) mass is 341 g/mol. The number of morpholine rings is 1. The van der Waals surface area contributed by atoms with Gasteiger partial charge in [-0.2, -0.15) is 4.31 Å². The first-order valence-electron chi connectivity index (χ1n) is 7.25. The second-order valence-corrected chi connectivity index (χ2v) is 7.42. The van der Waals surface area contributed by atoms with Gasteiger partial charge in [0, 0.05) is 25.5 Å². The summed E-state index contributed by atoms with van der Waals surface area (Å²) in [5, 5.41) is 9.08. The Balaban J connectivity index is 1.75. The van der Waals surface area contributed by atoms with Gasteiger partial charge in [-0.15, -0.1) is 0 Å². The molecule has 1 aliphatic rings. The highest BCUT2D eigenvalue weighted by molar-refractivity contribution is 7.88. The highest BCUT2D eigenvalue weighted by Crippen LogP contribution is 2.22. The quantitative estimate of drug-likeness (QED) is 0.840. The largest absolute Gasteiger partial charge is 0.455 e. The summed E-state index contributed by atoms with van der Waals surface area (Å²) in [5.41, 5.74) is 0. The molecule has 2 aromatic rings. The molecule has 9 heteroatoms. The van der Waals surface area contributed by atoms with Gasteiger partial charge in [-0.05, 0) is 12.1 Å². The van der Waals surface area contributed by atoms with E-state index in [0.717, 1.165) is 0 Å². The van der Waals surface area contributed by atoms with Gasteiger partial charge in [-0.3, -0.25) is 0 Å². The van der Waals surface area contributed by atoms with Crippen molar-refractivity contribution in [1.29, 1.82) is 0 Å². The van der Waals surface area contributed by atoms with Gasteiger partial charge in [0.1, 0.15) is 12.4 Å². The van der Waals surface area contributed by atoms with Crippen LogP contribution < -0.4 is 0 Å². The summed E-state index contributed by atoms with van der Waals surface area (Å²) in [7, 11) is -3.22. The van der Waals surface area contributed by atoms with E-state index in [2.05, 4.69) is 4.98 Å². The molecule has 0 amide bonds. The van der Waals surface area contributed by atoms with E-state index >= 15 is 0 Å². The third-order valence-corrected chi connectivity index (χ3v) is 4.99. The van der Waals surface area contributed by atoms with Crippen LogP contribution in [0.25, 0.3) is 11.6 Å². The number of aliphatic hydroxyl groups is 1. The SMILES string of the molecule is CS(=O)(=O)N1CCO[C@H](Cn2ccnc2-c2ccc(CO)o2)C1. The smallest absolute Gasteiger partial charge is 0.211 e. The maximum atomic E-state index is 11.7. The average Bonchev–Trinajstić information content (AvgIpc) is 3.15. The van der Waals surface area contributed by atoms with Crippen LogP contribution in [0.2, 0.25) is 0 Å². The van der Waals surface area contributed by atoms with E-state index in [1.54, 1.807) is 24.5 Å². The lowest BCUT2D eigenvalue weighted by Crippen LogP contribution is -2.46. The molecule has 3 rings (SSSR count). The Morgan fingerprint density at radius 3 is 2.96 bits per heavy atom. The van der Waals surface area contributed by atoms with Crippen LogP contribution in [-0.4, -0.2) is 59.4 Å². The molecule has 0 saturated carbocycles. The predicted octanol–water partition coefficient (Wildman–Crippen LogP) is 0.296. The number of furan rings is 1. The number of imidazole rings is 1. The van der Waals surface area contributed by atoms with E-state index in [4.69, 9.17) is 14.3 Å². The highest BCUT2D eigenvalue weighted by atomic mass is 32.2. The van der Waals surface area contributed by atoms with Gasteiger partial charge in [0.2, 0.25) is 10.0 Å². The third-order valence-electron chi connectivity index (χ3n) is 3.72. The molecule has 0 unspecified atom stereocenters. The van der Waals surface area contributed by atoms with Gasteiger partial charge < -0.3 is 18.8 Å². The van der Waals surface area contributed by atoms with Gasteiger partial charge in [-0.25, -0.2) is 13.4 Å². The molecule has 0 spiro atoms. The molecule has 1 fully saturated rings. The number of sulfonamides is 1. The van der Waals surface area contributed by atoms with Crippen molar-refractivity contribution in [2.75, 3.05) is 26.0 Å². The van der Waals surface area contributed by atoms with Crippen LogP contribution in [-0.2, 0) is 27.9 Å². The third kappa shape index (κ3) is 3.63. The minimum Gasteiger partial charge on any atom is -0.455 e. The second-order valence-electron chi connectivity index (χ2n) is 5.44. The minimum atomic E-state index is -3.22. The average molecular weight is 341 g/mol. The molecule has 1 atom stereocenters. The van der Waals surface area contributed by atoms with E-state index < -0.39 is 10.0 Å². The van der Waals surface area contributed by atoms with Gasteiger partial charge in [0.25, 0.3) is 0 Å². The lowest BCUT2D eigenvalue weighted by Gasteiger charge is -2.31. The normalized spacial score (nSPS) is 20.0. The number of rotatable bonds is 5. The van der Waals surface area contributed by atoms with Crippen LogP contribution in [0.5, 0.6) is 0 Å². The lowest BCUT2D eigenvalue weighted by atomic mass is 10.3. The Bertz CT molecular complexity index is 767. The van der Waals surface area contributed by atoms with Crippen molar-refractivity contribution >= 4 is 10.0 Å². The zero-order valence-corrected chi connectivity index (χ0v) is 13.6. The molecule has 8 nitrogen and oxygen atoms in total. The van der Waals surface area contributed by atoms with Crippen molar-refractivity contribution in [3.8, 4) is 11.6 Å². The second kappa shape index (κ2) is 6.44. The van der Waals surface area contributed by atoms with Crippen LogP contribution in [0.1, 0.15) is 5.76 Å². The number of ether oxygens (including phenoxy) is 1. The molecule has 0 aliphatic carbocycles. The first kappa shape index (κ1) is 16.2. The standard InChI is InChI=1S/C14H19N3O5S/c1-23(19,20)17-6-7-21-12(9-17)8-16-5-4-15-14(16)13-3-2-11(10-18)22-13/h2-5,12,18H,6-10H2,1H3/t12-/m1/s1. The highest BCUT2D eigenvalue weighted by Gasteiger charge is 2.27. The molecule has 0 radical (unpaired) electrons. The van der Waals surface area contributed by atoms with Crippen molar-refractivity contribution in [3.05, 3.63) is 30.3 Å². The van der Waals surface area contributed by atoms with E-state index in [1.807, 2.05) is 4.57 Å². The zero-order chi connectivity index (χ0) is 16.4. The maximum Gasteiger partial charge on any atom is 0.211 e. The Labute approximate surface area is 134 Å². The predicted molar refractivity (Wildman–Crippen MR) is 82.0 cm³/mol. The number of hydrogen-bond donors (Lipinski definition) is 1. The molecule has 2 aromatic heterocycles. The summed E-state index contributed by atoms with van der Waals surface area (Å²) in [6.45, 7) is 1.37. The molecule has 3 heterocycles. The fourth-order valence-electron chi connectivity index (χ4n) is 2.59. The van der Waals surface area contributed by atoms with Crippen molar-refractivity contribution in [3.63, 3.8) is 0 Å². The van der Waals surface area contributed by atoms with Crippen LogP contribution >= 0.6 is 0 Å². The van der Waals surface area contributed by atoms with Gasteiger partial charge >= 0.3 is 0 Å². The van der Waals surface area contributed by atoms with Crippen molar-refractivity contribution in [2.24, 2.45) is 0 Å². The van der Waals surface area contributed by atoms with E-state index in [-0.39, 0.29) is 12.7 Å². The molecule has 1 saturated heterocycles. The molecule has 1 aliphatic heterocycles. The fraction of sp³-hybridized carbons (Fsp3) is 0.500. The fourth-order valence-corrected chi connectivity index (χ4v) is 3.43. The number of nitrogens with zero attached hydrogens (tertiary/aromatic N) is 3. The summed E-state index contributed by atoms with van der Waals surface area (Å²) in [6, 6.07) is 3.44. The van der Waals surface area contributed by atoms with Crippen LogP contribution in [0, 0.1) is 0 Å². The van der Waals surface area contributed by atoms with Crippen LogP contribution in [0.3, 0.4) is 0 Å². The van der Waals surface area contributed by atoms with Crippen molar-refractivity contribution < 1.29 is 22.7 Å². The maximum absolute atomic E-state index is 11.7. The van der Waals surface area contributed by atoms with Gasteiger partial charge in [-0.1, -0.05) is 0 Å². The van der Waals surface area contributed by atoms with Crippen LogP contribution in [0.15, 0.2) is 28.9 Å². The molecule has 1 N–H and O–H groups in total. The molecule has 23 heavy (non-hydrogen) atoms. The zero-order valence-electron chi connectivity index (χ0n) is 12.8. The number of aromatic nitrogens is 2. The Kier molecular flexibility index (Phi) is 4.53. The first-order valence-corrected chi connectivity index (χ1v) is 9.10. The first-order chi connectivity index (χ1) is 11.0. The molecule has 0 aromatic carbocycles. The summed E-state index contributed by atoms with van der Waals surface area (Å²) in [6.07, 6.45) is 4.39. The van der Waals surface area contributed by atoms with Gasteiger partial charge in [0.15, 0.2) is 11.6 Å². The minimum absolute atomic E-state index is 0.171. The van der Waals surface area contributed by atoms with E-state index in [1.165, 1.54) is 10.6 Å². The van der Waals surface area contributed by atoms with Crippen molar-refractivity contribution in [2.45, 2.75) is 19.3 Å². The topological polar surface area (TPSA) is 97.8 Å². The lowest BCUT2D eigenvalue weighted by molar-refractivity contribution is -0.00983. The summed E-state index contributed by atoms with van der Waals surface area (Å²) >= 11 is 0. The van der Waals surface area contributed by atoms with Gasteiger partial charge in [0.05, 0.1) is 25.5 Å². The molecule has 0 bridgehead atoms. The Hall–Kier alpha value is -1.68. The van der Waals surface area contributed by atoms with E-state index in [0.29, 0.717) is 43.6 Å². The van der Waals surface area contributed by atoms with E-state index in [9.17, 15) is 8.42 Å².